The van der Waals surface area contributed by atoms with Crippen molar-refractivity contribution in [2.45, 2.75) is 5.54 Å². The predicted molar refractivity (Wildman–Crippen MR) is 108 cm³/mol. The van der Waals surface area contributed by atoms with Gasteiger partial charge in [-0.2, -0.15) is 0 Å². The van der Waals surface area contributed by atoms with Gasteiger partial charge in [0.1, 0.15) is 5.82 Å². The molecule has 4 N–H and O–H groups in total. The number of nitrogens with one attached hydrogen (secondary N) is 2. The first kappa shape index (κ1) is 20.7. The highest BCUT2D eigenvalue weighted by Crippen LogP contribution is 2.38. The van der Waals surface area contributed by atoms with Crippen LogP contribution in [0.3, 0.4) is 0 Å². The van der Waals surface area contributed by atoms with Crippen molar-refractivity contribution in [2.24, 2.45) is 5.92 Å². The van der Waals surface area contributed by atoms with Crippen LogP contribution in [-0.4, -0.2) is 51.9 Å². The molecule has 1 fully saturated rings. The fourth-order valence-electron chi connectivity index (χ4n) is 3.61. The lowest BCUT2D eigenvalue weighted by Crippen LogP contribution is -2.56. The number of amides is 2. The van der Waals surface area contributed by atoms with Gasteiger partial charge in [-0.15, -0.1) is 0 Å². The molecule has 0 saturated carbocycles. The predicted octanol–water partition coefficient (Wildman–Crippen LogP) is 1.93. The second-order valence-corrected chi connectivity index (χ2v) is 7.18. The number of halogens is 1. The van der Waals surface area contributed by atoms with Crippen molar-refractivity contribution in [1.29, 1.82) is 0 Å². The summed E-state index contributed by atoms with van der Waals surface area (Å²) in [5, 5.41) is 24.7. The van der Waals surface area contributed by atoms with E-state index in [2.05, 4.69) is 10.6 Å². The number of hydrogen-bond acceptors (Lipinski definition) is 4. The second-order valence-electron chi connectivity index (χ2n) is 6.77. The average Bonchev–Trinajstić information content (AvgIpc) is 3.08. The van der Waals surface area contributed by atoms with Crippen LogP contribution >= 0.6 is 12.2 Å². The molecule has 1 heterocycles. The van der Waals surface area contributed by atoms with Crippen molar-refractivity contribution in [3.05, 3.63) is 71.5 Å². The van der Waals surface area contributed by atoms with Crippen molar-refractivity contribution in [3.63, 3.8) is 0 Å². The van der Waals surface area contributed by atoms with E-state index in [-0.39, 0.29) is 23.8 Å². The quantitative estimate of drug-likeness (QED) is 0.567. The number of carbonyl (C=O) groups is 2. The minimum absolute atomic E-state index is 0.0115. The van der Waals surface area contributed by atoms with E-state index in [1.54, 1.807) is 36.4 Å². The van der Waals surface area contributed by atoms with E-state index in [1.165, 1.54) is 18.2 Å². The number of carboxylic acid groups (broad SMARTS) is 1. The first-order valence-electron chi connectivity index (χ1n) is 8.89. The average molecular weight is 417 g/mol. The zero-order valence-corrected chi connectivity index (χ0v) is 16.2. The molecule has 152 valence electrons. The lowest BCUT2D eigenvalue weighted by Gasteiger charge is -2.36. The van der Waals surface area contributed by atoms with Crippen molar-refractivity contribution >= 4 is 29.3 Å². The molecule has 3 rings (SSSR count). The van der Waals surface area contributed by atoms with Crippen molar-refractivity contribution < 1.29 is 24.2 Å². The maximum Gasteiger partial charge on any atom is 0.407 e. The number of likely N-dealkylation sites (tertiary alicyclic amines) is 1. The molecule has 2 aromatic carbocycles. The van der Waals surface area contributed by atoms with Gasteiger partial charge in [-0.1, -0.05) is 36.4 Å². The molecule has 7 nitrogen and oxygen atoms in total. The Morgan fingerprint density at radius 2 is 1.83 bits per heavy atom. The van der Waals surface area contributed by atoms with Gasteiger partial charge in [-0.3, -0.25) is 10.1 Å². The van der Waals surface area contributed by atoms with Crippen molar-refractivity contribution in [2.75, 3.05) is 19.7 Å². The van der Waals surface area contributed by atoms with E-state index >= 15 is 0 Å². The molecule has 9 heteroatoms. The minimum atomic E-state index is -1.33. The molecule has 1 saturated heterocycles. The topological polar surface area (TPSA) is 102 Å². The van der Waals surface area contributed by atoms with Gasteiger partial charge in [0.05, 0.1) is 18.7 Å². The third-order valence-electron chi connectivity index (χ3n) is 5.02. The lowest BCUT2D eigenvalue weighted by molar-refractivity contribution is 0.0974. The van der Waals surface area contributed by atoms with Crippen LogP contribution in [0.15, 0.2) is 54.6 Å². The van der Waals surface area contributed by atoms with Gasteiger partial charge in [0.15, 0.2) is 5.11 Å². The van der Waals surface area contributed by atoms with E-state index in [1.807, 2.05) is 0 Å². The number of rotatable bonds is 4. The largest absolute Gasteiger partial charge is 0.465 e. The molecular weight excluding hydrogens is 397 g/mol. The van der Waals surface area contributed by atoms with Gasteiger partial charge >= 0.3 is 6.09 Å². The van der Waals surface area contributed by atoms with Crippen LogP contribution in [0.4, 0.5) is 9.18 Å². The molecule has 0 spiro atoms. The Bertz CT molecular complexity index is 927. The number of hydrogen-bond donors (Lipinski definition) is 4. The normalized spacial score (nSPS) is 20.9. The Morgan fingerprint density at radius 1 is 1.17 bits per heavy atom. The number of nitrogens with zero attached hydrogens (tertiary/aromatic N) is 1. The van der Waals surface area contributed by atoms with E-state index < -0.39 is 35.9 Å². The Kier molecular flexibility index (Phi) is 6.09. The molecule has 0 bridgehead atoms. The Labute approximate surface area is 172 Å². The van der Waals surface area contributed by atoms with Gasteiger partial charge < -0.3 is 20.4 Å². The van der Waals surface area contributed by atoms with E-state index in [0.717, 1.165) is 4.90 Å². The van der Waals surface area contributed by atoms with Crippen LogP contribution in [0.5, 0.6) is 0 Å². The number of benzene rings is 2. The Hall–Kier alpha value is -3.04. The highest BCUT2D eigenvalue weighted by Gasteiger charge is 2.51. The van der Waals surface area contributed by atoms with Crippen LogP contribution in [-0.2, 0) is 5.54 Å². The lowest BCUT2D eigenvalue weighted by atomic mass is 9.80. The van der Waals surface area contributed by atoms with Gasteiger partial charge in [-0.25, -0.2) is 9.18 Å². The number of aliphatic hydroxyl groups excluding tert-OH is 1. The molecule has 0 aromatic heterocycles. The van der Waals surface area contributed by atoms with Crippen molar-refractivity contribution in [1.82, 2.24) is 15.5 Å². The summed E-state index contributed by atoms with van der Waals surface area (Å²) in [6.45, 7) is -0.557. The highest BCUT2D eigenvalue weighted by molar-refractivity contribution is 7.80. The molecular formula is C20H20FN3O4S. The molecule has 0 radical (unpaired) electrons. The van der Waals surface area contributed by atoms with Crippen molar-refractivity contribution in [3.8, 4) is 0 Å². The van der Waals surface area contributed by atoms with Crippen LogP contribution in [0, 0.1) is 11.7 Å². The molecule has 1 aliphatic heterocycles. The molecule has 2 unspecified atom stereocenters. The second kappa shape index (κ2) is 8.54. The Balaban J connectivity index is 1.92. The minimum Gasteiger partial charge on any atom is -0.465 e. The summed E-state index contributed by atoms with van der Waals surface area (Å²) < 4.78 is 14.7. The fourth-order valence-corrected chi connectivity index (χ4v) is 3.89. The van der Waals surface area contributed by atoms with Gasteiger partial charge in [0, 0.05) is 23.6 Å². The van der Waals surface area contributed by atoms with E-state index in [4.69, 9.17) is 12.2 Å². The summed E-state index contributed by atoms with van der Waals surface area (Å²) in [6.07, 6.45) is -1.19. The van der Waals surface area contributed by atoms with Crippen LogP contribution in [0.25, 0.3) is 0 Å². The summed E-state index contributed by atoms with van der Waals surface area (Å²) >= 11 is 5.27. The molecule has 2 atom stereocenters. The summed E-state index contributed by atoms with van der Waals surface area (Å²) in [7, 11) is 0. The number of thiocarbonyl (C=S) groups is 1. The number of carbonyl (C=O) groups excluding carboxylic acids is 1. The van der Waals surface area contributed by atoms with Gasteiger partial charge in [0.25, 0.3) is 5.91 Å². The summed E-state index contributed by atoms with van der Waals surface area (Å²) in [5.74, 6) is -1.70. The molecule has 1 aliphatic rings. The third-order valence-corrected chi connectivity index (χ3v) is 5.23. The SMILES string of the molecule is O=C(NC(=S)NC1(c2ccccc2F)CN(C(=O)O)CC1CO)c1ccccc1. The maximum atomic E-state index is 14.7. The van der Waals surface area contributed by atoms with Gasteiger partial charge in [-0.05, 0) is 30.4 Å². The zero-order valence-electron chi connectivity index (χ0n) is 15.3. The van der Waals surface area contributed by atoms with Gasteiger partial charge in [0.2, 0.25) is 0 Å². The standard InChI is InChI=1S/C20H20FN3O4S/c21-16-9-5-4-8-15(16)20(12-24(19(27)28)10-14(20)11-25)23-18(29)22-17(26)13-6-2-1-3-7-13/h1-9,14,25H,10-12H2,(H,27,28)(H2,22,23,26,29). The summed E-state index contributed by atoms with van der Waals surface area (Å²) in [6, 6.07) is 14.3. The summed E-state index contributed by atoms with van der Waals surface area (Å²) in [5.41, 5.74) is -0.785. The van der Waals surface area contributed by atoms with Crippen LogP contribution in [0.2, 0.25) is 0 Å². The molecule has 0 aliphatic carbocycles. The molecule has 2 aromatic rings. The zero-order chi connectivity index (χ0) is 21.0. The first-order valence-corrected chi connectivity index (χ1v) is 9.30. The van der Waals surface area contributed by atoms with Crippen LogP contribution < -0.4 is 10.6 Å². The van der Waals surface area contributed by atoms with E-state index in [9.17, 15) is 24.2 Å². The number of aliphatic hydroxyl groups is 1. The maximum absolute atomic E-state index is 14.7. The Morgan fingerprint density at radius 3 is 2.45 bits per heavy atom. The smallest absolute Gasteiger partial charge is 0.407 e. The molecule has 2 amide bonds. The first-order chi connectivity index (χ1) is 13.9. The fraction of sp³-hybridized carbons (Fsp3) is 0.250. The monoisotopic (exact) mass is 417 g/mol. The van der Waals surface area contributed by atoms with E-state index in [0.29, 0.717) is 5.56 Å². The third kappa shape index (κ3) is 4.20. The molecule has 29 heavy (non-hydrogen) atoms. The highest BCUT2D eigenvalue weighted by atomic mass is 32.1. The van der Waals surface area contributed by atoms with Crippen LogP contribution in [0.1, 0.15) is 15.9 Å². The summed E-state index contributed by atoms with van der Waals surface area (Å²) in [4.78, 5) is 25.0.